The second-order valence-electron chi connectivity index (χ2n) is 6.72. The first-order chi connectivity index (χ1) is 13.4. The third-order valence-corrected chi connectivity index (χ3v) is 5.25. The van der Waals surface area contributed by atoms with Crippen molar-refractivity contribution in [3.05, 3.63) is 58.0 Å². The van der Waals surface area contributed by atoms with Gasteiger partial charge in [-0.2, -0.15) is 0 Å². The van der Waals surface area contributed by atoms with E-state index in [0.29, 0.717) is 33.3 Å². The van der Waals surface area contributed by atoms with Crippen LogP contribution in [0.1, 0.15) is 19.4 Å². The van der Waals surface area contributed by atoms with E-state index in [0.717, 1.165) is 11.3 Å². The van der Waals surface area contributed by atoms with E-state index in [-0.39, 0.29) is 11.7 Å². The van der Waals surface area contributed by atoms with Gasteiger partial charge in [0.15, 0.2) is 16.7 Å². The fraction of sp³-hybridized carbons (Fsp3) is 0.238. The molecule has 0 unspecified atom stereocenters. The minimum atomic E-state index is -0.0848. The van der Waals surface area contributed by atoms with E-state index in [1.54, 1.807) is 41.3 Å². The van der Waals surface area contributed by atoms with Crippen molar-refractivity contribution in [2.75, 3.05) is 13.7 Å². The van der Waals surface area contributed by atoms with E-state index in [1.807, 2.05) is 12.1 Å². The third kappa shape index (κ3) is 4.69. The van der Waals surface area contributed by atoms with Crippen LogP contribution in [-0.4, -0.2) is 34.7 Å². The minimum Gasteiger partial charge on any atom is -0.504 e. The number of hydrogen-bond donors (Lipinski definition) is 1. The van der Waals surface area contributed by atoms with E-state index in [2.05, 4.69) is 18.8 Å². The number of aromatic hydroxyl groups is 1. The first-order valence-corrected chi connectivity index (χ1v) is 9.99. The largest absolute Gasteiger partial charge is 0.504 e. The number of phenolic OH excluding ortho intramolecular Hbond substituents is 1. The highest BCUT2D eigenvalue weighted by molar-refractivity contribution is 8.18. The maximum atomic E-state index is 13.0. The number of amides is 1. The fourth-order valence-corrected chi connectivity index (χ4v) is 3.81. The van der Waals surface area contributed by atoms with Gasteiger partial charge in [0.2, 0.25) is 0 Å². The summed E-state index contributed by atoms with van der Waals surface area (Å²) in [4.78, 5) is 19.9. The summed E-state index contributed by atoms with van der Waals surface area (Å²) in [5, 5.41) is 11.0. The zero-order chi connectivity index (χ0) is 20.3. The highest BCUT2D eigenvalue weighted by Gasteiger charge is 2.33. The average molecular weight is 417 g/mol. The molecule has 1 fully saturated rings. The van der Waals surface area contributed by atoms with Gasteiger partial charge in [0.1, 0.15) is 0 Å². The van der Waals surface area contributed by atoms with E-state index >= 15 is 0 Å². The van der Waals surface area contributed by atoms with Gasteiger partial charge in [-0.25, -0.2) is 4.99 Å². The Bertz CT molecular complexity index is 939. The number of carbonyl (C=O) groups excluding carboxylic acids is 1. The van der Waals surface area contributed by atoms with Crippen molar-refractivity contribution in [3.63, 3.8) is 0 Å². The molecule has 1 heterocycles. The van der Waals surface area contributed by atoms with E-state index in [4.69, 9.17) is 16.3 Å². The molecule has 7 heteroatoms. The van der Waals surface area contributed by atoms with E-state index < -0.39 is 0 Å². The quantitative estimate of drug-likeness (QED) is 0.670. The van der Waals surface area contributed by atoms with Gasteiger partial charge in [-0.1, -0.05) is 31.5 Å². The Hall–Kier alpha value is -2.44. The lowest BCUT2D eigenvalue weighted by atomic mass is 10.1. The number of halogens is 1. The molecule has 0 aromatic heterocycles. The number of amidine groups is 1. The van der Waals surface area contributed by atoms with Gasteiger partial charge in [-0.05, 0) is 65.7 Å². The molecule has 0 aliphatic carbocycles. The van der Waals surface area contributed by atoms with Crippen LogP contribution in [0.15, 0.2) is 52.4 Å². The summed E-state index contributed by atoms with van der Waals surface area (Å²) in [7, 11) is 1.49. The van der Waals surface area contributed by atoms with Crippen LogP contribution in [0.5, 0.6) is 11.5 Å². The number of phenols is 1. The highest BCUT2D eigenvalue weighted by atomic mass is 35.5. The summed E-state index contributed by atoms with van der Waals surface area (Å²) in [6.07, 6.45) is 1.78. The summed E-state index contributed by atoms with van der Waals surface area (Å²) in [6.45, 7) is 4.70. The number of thioether (sulfide) groups is 1. The zero-order valence-electron chi connectivity index (χ0n) is 15.8. The van der Waals surface area contributed by atoms with Crippen LogP contribution in [0, 0.1) is 5.92 Å². The molecule has 146 valence electrons. The van der Waals surface area contributed by atoms with Crippen molar-refractivity contribution in [2.45, 2.75) is 13.8 Å². The number of methoxy groups -OCH3 is 1. The van der Waals surface area contributed by atoms with Gasteiger partial charge in [-0.15, -0.1) is 0 Å². The van der Waals surface area contributed by atoms with Gasteiger partial charge < -0.3 is 9.84 Å². The Kier molecular flexibility index (Phi) is 6.31. The summed E-state index contributed by atoms with van der Waals surface area (Å²) in [6, 6.07) is 12.2. The summed E-state index contributed by atoms with van der Waals surface area (Å²) in [5.41, 5.74) is 1.50. The van der Waals surface area contributed by atoms with Crippen LogP contribution in [-0.2, 0) is 4.79 Å². The topological polar surface area (TPSA) is 62.1 Å². The molecule has 0 saturated carbocycles. The standard InChI is InChI=1S/C21H21ClN2O3S/c1-13(2)12-24-20(26)19(11-14-4-9-17(25)18(10-14)27-3)28-21(24)23-16-7-5-15(22)6-8-16/h4-11,13,25H,12H2,1-3H3/b19-11-,23-21?. The van der Waals surface area contributed by atoms with Crippen LogP contribution >= 0.6 is 23.4 Å². The number of benzene rings is 2. The van der Waals surface area contributed by atoms with Crippen molar-refractivity contribution in [3.8, 4) is 11.5 Å². The molecule has 2 aromatic rings. The molecule has 0 atom stereocenters. The molecule has 1 aliphatic heterocycles. The lowest BCUT2D eigenvalue weighted by molar-refractivity contribution is -0.122. The molecule has 2 aromatic carbocycles. The molecule has 1 saturated heterocycles. The number of rotatable bonds is 5. The van der Waals surface area contributed by atoms with Crippen LogP contribution in [0.2, 0.25) is 5.02 Å². The molecule has 0 radical (unpaired) electrons. The number of ether oxygens (including phenoxy) is 1. The fourth-order valence-electron chi connectivity index (χ4n) is 2.68. The molecule has 0 bridgehead atoms. The molecule has 1 aliphatic rings. The molecule has 28 heavy (non-hydrogen) atoms. The van der Waals surface area contributed by atoms with Crippen molar-refractivity contribution in [1.82, 2.24) is 4.90 Å². The predicted octanol–water partition coefficient (Wildman–Crippen LogP) is 5.31. The summed E-state index contributed by atoms with van der Waals surface area (Å²) < 4.78 is 5.14. The van der Waals surface area contributed by atoms with Crippen molar-refractivity contribution in [1.29, 1.82) is 0 Å². The molecule has 5 nitrogen and oxygen atoms in total. The van der Waals surface area contributed by atoms with Gasteiger partial charge in [0.05, 0.1) is 17.7 Å². The van der Waals surface area contributed by atoms with E-state index in [1.165, 1.54) is 18.9 Å². The van der Waals surface area contributed by atoms with Gasteiger partial charge in [0.25, 0.3) is 5.91 Å². The highest BCUT2D eigenvalue weighted by Crippen LogP contribution is 2.36. The Morgan fingerprint density at radius 2 is 1.96 bits per heavy atom. The third-order valence-electron chi connectivity index (χ3n) is 3.99. The Balaban J connectivity index is 1.95. The SMILES string of the molecule is COc1cc(/C=C2\SC(=Nc3ccc(Cl)cc3)N(CC(C)C)C2=O)ccc1O. The normalized spacial score (nSPS) is 17.2. The molecular formula is C21H21ClN2O3S. The Labute approximate surface area is 173 Å². The lowest BCUT2D eigenvalue weighted by Gasteiger charge is -2.17. The average Bonchev–Trinajstić information content (AvgIpc) is 2.93. The van der Waals surface area contributed by atoms with Gasteiger partial charge in [-0.3, -0.25) is 9.69 Å². The molecule has 3 rings (SSSR count). The monoisotopic (exact) mass is 416 g/mol. The maximum absolute atomic E-state index is 13.0. The first-order valence-electron chi connectivity index (χ1n) is 8.80. The lowest BCUT2D eigenvalue weighted by Crippen LogP contribution is -2.32. The summed E-state index contributed by atoms with van der Waals surface area (Å²) in [5.74, 6) is 0.631. The smallest absolute Gasteiger partial charge is 0.266 e. The number of carbonyl (C=O) groups is 1. The number of hydrogen-bond acceptors (Lipinski definition) is 5. The van der Waals surface area contributed by atoms with Crippen LogP contribution in [0.25, 0.3) is 6.08 Å². The molecule has 1 N–H and O–H groups in total. The predicted molar refractivity (Wildman–Crippen MR) is 115 cm³/mol. The van der Waals surface area contributed by atoms with Gasteiger partial charge >= 0.3 is 0 Å². The molecule has 1 amide bonds. The van der Waals surface area contributed by atoms with Crippen molar-refractivity contribution < 1.29 is 14.6 Å². The number of aliphatic imine (C=N–C) groups is 1. The Morgan fingerprint density at radius 1 is 1.25 bits per heavy atom. The summed E-state index contributed by atoms with van der Waals surface area (Å²) >= 11 is 7.27. The van der Waals surface area contributed by atoms with Crippen LogP contribution in [0.4, 0.5) is 5.69 Å². The van der Waals surface area contributed by atoms with Crippen LogP contribution < -0.4 is 4.74 Å². The van der Waals surface area contributed by atoms with Crippen molar-refractivity contribution >= 4 is 46.2 Å². The zero-order valence-corrected chi connectivity index (χ0v) is 17.4. The molecule has 0 spiro atoms. The second-order valence-corrected chi connectivity index (χ2v) is 8.17. The minimum absolute atomic E-state index is 0.0569. The molecular weight excluding hydrogens is 396 g/mol. The van der Waals surface area contributed by atoms with Gasteiger partial charge in [0, 0.05) is 11.6 Å². The maximum Gasteiger partial charge on any atom is 0.266 e. The van der Waals surface area contributed by atoms with E-state index in [9.17, 15) is 9.90 Å². The Morgan fingerprint density at radius 3 is 2.61 bits per heavy atom. The van der Waals surface area contributed by atoms with Crippen molar-refractivity contribution in [2.24, 2.45) is 10.9 Å². The first kappa shape index (κ1) is 20.3. The number of nitrogens with zero attached hydrogens (tertiary/aromatic N) is 2. The second kappa shape index (κ2) is 8.71. The van der Waals surface area contributed by atoms with Crippen LogP contribution in [0.3, 0.4) is 0 Å².